The number of carbonyl (C=O) groups is 1. The van der Waals surface area contributed by atoms with Crippen molar-refractivity contribution in [2.75, 3.05) is 39.5 Å². The Labute approximate surface area is 227 Å². The maximum Gasteiger partial charge on any atom is 0.305 e. The molecule has 1 aromatic carbocycles. The van der Waals surface area contributed by atoms with Gasteiger partial charge in [-0.15, -0.1) is 23.4 Å². The average Bonchev–Trinajstić information content (AvgIpc) is 3.19. The lowest BCUT2D eigenvalue weighted by Gasteiger charge is -2.26. The third-order valence-electron chi connectivity index (χ3n) is 7.51. The molecule has 206 valence electrons. The second-order valence-corrected chi connectivity index (χ2v) is 10.8. The average molecular weight is 534 g/mol. The molecular formula is C30H44ClNO5. The van der Waals surface area contributed by atoms with Crippen LogP contribution in [-0.4, -0.2) is 72.0 Å². The number of benzene rings is 1. The van der Waals surface area contributed by atoms with Crippen molar-refractivity contribution in [1.29, 1.82) is 0 Å². The molecule has 6 nitrogen and oxygen atoms in total. The summed E-state index contributed by atoms with van der Waals surface area (Å²) in [6.45, 7) is 6.60. The molecule has 1 saturated carbocycles. The van der Waals surface area contributed by atoms with Gasteiger partial charge in [-0.3, -0.25) is 9.69 Å². The molecule has 0 unspecified atom stereocenters. The van der Waals surface area contributed by atoms with Crippen LogP contribution in [0.1, 0.15) is 87.9 Å². The number of nitrogens with zero attached hydrogens (tertiary/aromatic N) is 1. The van der Waals surface area contributed by atoms with Gasteiger partial charge in [0.1, 0.15) is 6.61 Å². The molecular weight excluding hydrogens is 490 g/mol. The third kappa shape index (κ3) is 9.89. The molecule has 7 heteroatoms. The minimum Gasteiger partial charge on any atom is -0.464 e. The Morgan fingerprint density at radius 2 is 1.95 bits per heavy atom. The van der Waals surface area contributed by atoms with Crippen molar-refractivity contribution in [2.45, 2.75) is 88.2 Å². The van der Waals surface area contributed by atoms with Crippen LogP contribution in [-0.2, 0) is 14.3 Å². The molecule has 37 heavy (non-hydrogen) atoms. The van der Waals surface area contributed by atoms with E-state index in [1.54, 1.807) is 0 Å². The summed E-state index contributed by atoms with van der Waals surface area (Å²) in [4.78, 5) is 14.2. The van der Waals surface area contributed by atoms with Gasteiger partial charge in [0.15, 0.2) is 0 Å². The van der Waals surface area contributed by atoms with Gasteiger partial charge in [0, 0.05) is 50.2 Å². The van der Waals surface area contributed by atoms with Crippen molar-refractivity contribution in [3.8, 4) is 11.8 Å². The van der Waals surface area contributed by atoms with E-state index in [0.29, 0.717) is 38.7 Å². The molecule has 1 aromatic rings. The fraction of sp³-hybridized carbons (Fsp3) is 0.700. The lowest BCUT2D eigenvalue weighted by Crippen LogP contribution is -2.38. The highest BCUT2D eigenvalue weighted by Crippen LogP contribution is 2.44. The number of alkyl halides is 1. The van der Waals surface area contributed by atoms with Gasteiger partial charge in [-0.25, -0.2) is 0 Å². The number of esters is 1. The van der Waals surface area contributed by atoms with E-state index in [2.05, 4.69) is 23.7 Å². The maximum absolute atomic E-state index is 12.0. The zero-order valence-electron chi connectivity index (χ0n) is 22.2. The molecule has 2 aliphatic rings. The smallest absolute Gasteiger partial charge is 0.305 e. The van der Waals surface area contributed by atoms with Gasteiger partial charge in [0.2, 0.25) is 0 Å². The summed E-state index contributed by atoms with van der Waals surface area (Å²) in [5, 5.41) is 21.0. The first kappa shape index (κ1) is 29.9. The van der Waals surface area contributed by atoms with E-state index < -0.39 is 12.2 Å². The van der Waals surface area contributed by atoms with E-state index in [4.69, 9.17) is 21.1 Å². The Hall–Kier alpha value is -1.62. The van der Waals surface area contributed by atoms with E-state index in [1.165, 1.54) is 0 Å². The molecule has 2 fully saturated rings. The number of morpholine rings is 1. The zero-order chi connectivity index (χ0) is 26.5. The number of hydrogen-bond acceptors (Lipinski definition) is 6. The number of aliphatic hydroxyl groups is 2. The highest BCUT2D eigenvalue weighted by Gasteiger charge is 2.41. The highest BCUT2D eigenvalue weighted by atomic mass is 35.5. The van der Waals surface area contributed by atoms with E-state index in [1.807, 2.05) is 24.3 Å². The van der Waals surface area contributed by atoms with E-state index in [-0.39, 0.29) is 23.2 Å². The molecule has 0 spiro atoms. The second-order valence-electron chi connectivity index (χ2n) is 10.3. The number of unbranched alkanes of at least 4 members (excludes halogenated alkanes) is 3. The first-order chi connectivity index (χ1) is 18.0. The largest absolute Gasteiger partial charge is 0.464 e. The van der Waals surface area contributed by atoms with Crippen molar-refractivity contribution in [1.82, 2.24) is 4.90 Å². The molecule has 0 amide bonds. The van der Waals surface area contributed by atoms with Crippen molar-refractivity contribution in [3.63, 3.8) is 0 Å². The van der Waals surface area contributed by atoms with Gasteiger partial charge in [-0.05, 0) is 36.3 Å². The Morgan fingerprint density at radius 1 is 1.19 bits per heavy atom. The fourth-order valence-electron chi connectivity index (χ4n) is 5.27. The van der Waals surface area contributed by atoms with Crippen molar-refractivity contribution >= 4 is 17.6 Å². The molecule has 1 aliphatic carbocycles. The lowest BCUT2D eigenvalue weighted by atomic mass is 9.85. The first-order valence-corrected chi connectivity index (χ1v) is 14.4. The van der Waals surface area contributed by atoms with E-state index in [9.17, 15) is 15.0 Å². The van der Waals surface area contributed by atoms with Gasteiger partial charge in [-0.1, -0.05) is 50.5 Å². The van der Waals surface area contributed by atoms with Crippen LogP contribution < -0.4 is 0 Å². The Morgan fingerprint density at radius 3 is 2.68 bits per heavy atom. The molecule has 1 aliphatic heterocycles. The van der Waals surface area contributed by atoms with Crippen LogP contribution in [0.4, 0.5) is 0 Å². The lowest BCUT2D eigenvalue weighted by molar-refractivity contribution is -0.144. The number of halogens is 1. The van der Waals surface area contributed by atoms with Crippen molar-refractivity contribution in [2.24, 2.45) is 5.92 Å². The highest BCUT2D eigenvalue weighted by molar-refractivity contribution is 6.21. The van der Waals surface area contributed by atoms with Crippen LogP contribution in [0, 0.1) is 17.8 Å². The summed E-state index contributed by atoms with van der Waals surface area (Å²) in [5.74, 6) is 6.24. The Balaban J connectivity index is 1.40. The minimum absolute atomic E-state index is 0.0645. The van der Waals surface area contributed by atoms with E-state index in [0.717, 1.165) is 69.7 Å². The van der Waals surface area contributed by atoms with Crippen LogP contribution in [0.15, 0.2) is 24.3 Å². The topological polar surface area (TPSA) is 79.2 Å². The number of aliphatic hydroxyl groups excluding tert-OH is 2. The fourth-order valence-corrected chi connectivity index (χ4v) is 5.69. The monoisotopic (exact) mass is 533 g/mol. The van der Waals surface area contributed by atoms with E-state index >= 15 is 0 Å². The minimum atomic E-state index is -0.498. The van der Waals surface area contributed by atoms with Gasteiger partial charge in [0.05, 0.1) is 25.4 Å². The van der Waals surface area contributed by atoms with Crippen LogP contribution in [0.25, 0.3) is 0 Å². The van der Waals surface area contributed by atoms with Gasteiger partial charge in [0.25, 0.3) is 0 Å². The number of rotatable bonds is 13. The summed E-state index contributed by atoms with van der Waals surface area (Å²) in [6, 6.07) is 7.99. The predicted molar refractivity (Wildman–Crippen MR) is 147 cm³/mol. The summed E-state index contributed by atoms with van der Waals surface area (Å²) in [5.41, 5.74) is 1.97. The van der Waals surface area contributed by atoms with Crippen molar-refractivity contribution in [3.05, 3.63) is 35.4 Å². The van der Waals surface area contributed by atoms with Crippen LogP contribution in [0.5, 0.6) is 0 Å². The second kappa shape index (κ2) is 16.4. The SMILES string of the molecule is CCCCC[C@H](O)c1ccc([C@@H]2[C@@H](CC#CCCCC(=O)OCCN3CCOCC3)[C@H](Cl)C[C@H]2O)cc1. The number of ether oxygens (including phenoxy) is 2. The molecule has 0 radical (unpaired) electrons. The molecule has 0 aromatic heterocycles. The van der Waals surface area contributed by atoms with Crippen LogP contribution >= 0.6 is 11.6 Å². The maximum atomic E-state index is 12.0. The zero-order valence-corrected chi connectivity index (χ0v) is 23.0. The quantitative estimate of drug-likeness (QED) is 0.164. The standard InChI is InChI=1S/C30H44ClNO5/c1-2-3-6-10-27(33)23-12-14-24(15-13-23)30-25(26(31)22-28(30)34)9-7-4-5-8-11-29(35)37-21-18-32-16-19-36-20-17-32/h12-15,25-28,30,33-34H,2-3,5-6,8-11,16-22H2,1H3/t25-,26+,27-,28+,30+/m0/s1. The summed E-state index contributed by atoms with van der Waals surface area (Å²) in [6.07, 6.45) is 5.96. The van der Waals surface area contributed by atoms with Gasteiger partial charge >= 0.3 is 5.97 Å². The Bertz CT molecular complexity index is 861. The molecule has 0 bridgehead atoms. The summed E-state index contributed by atoms with van der Waals surface area (Å²) < 4.78 is 10.7. The number of hydrogen-bond donors (Lipinski definition) is 2. The van der Waals surface area contributed by atoms with Crippen LogP contribution in [0.3, 0.4) is 0 Å². The molecule has 2 N–H and O–H groups in total. The molecule has 3 rings (SSSR count). The van der Waals surface area contributed by atoms with Gasteiger partial charge in [-0.2, -0.15) is 0 Å². The van der Waals surface area contributed by atoms with Crippen molar-refractivity contribution < 1.29 is 24.5 Å². The molecule has 1 saturated heterocycles. The molecule has 1 heterocycles. The van der Waals surface area contributed by atoms with Crippen LogP contribution in [0.2, 0.25) is 0 Å². The third-order valence-corrected chi connectivity index (χ3v) is 8.02. The van der Waals surface area contributed by atoms with Gasteiger partial charge < -0.3 is 19.7 Å². The first-order valence-electron chi connectivity index (χ1n) is 14.0. The Kier molecular flexibility index (Phi) is 13.2. The normalized spacial score (nSPS) is 24.9. The molecule has 5 atom stereocenters. The predicted octanol–water partition coefficient (Wildman–Crippen LogP) is 4.81. The summed E-state index contributed by atoms with van der Waals surface area (Å²) >= 11 is 6.62. The number of carbonyl (C=O) groups excluding carboxylic acids is 1. The summed E-state index contributed by atoms with van der Waals surface area (Å²) in [7, 11) is 0.